The molecule has 4 nitrogen and oxygen atoms in total. The molecule has 3 rings (SSSR count). The number of nitrogens with zero attached hydrogens (tertiary/aromatic N) is 2. The molecular formula is C14H13ClN2O2. The Labute approximate surface area is 115 Å². The second kappa shape index (κ2) is 5.15. The molecule has 0 unspecified atom stereocenters. The molecule has 1 aliphatic heterocycles. The number of benzene rings is 1. The van der Waals surface area contributed by atoms with Crippen molar-refractivity contribution in [2.75, 3.05) is 31.2 Å². The number of pyridine rings is 1. The Morgan fingerprint density at radius 2 is 2.05 bits per heavy atom. The van der Waals surface area contributed by atoms with Crippen LogP contribution in [0.3, 0.4) is 0 Å². The number of morpholine rings is 1. The normalized spacial score (nSPS) is 15.7. The van der Waals surface area contributed by atoms with E-state index >= 15 is 0 Å². The summed E-state index contributed by atoms with van der Waals surface area (Å²) in [7, 11) is 0. The third-order valence-electron chi connectivity index (χ3n) is 3.26. The van der Waals surface area contributed by atoms with Gasteiger partial charge in [-0.2, -0.15) is 0 Å². The van der Waals surface area contributed by atoms with Gasteiger partial charge in [0, 0.05) is 24.2 Å². The van der Waals surface area contributed by atoms with Crippen molar-refractivity contribution in [3.63, 3.8) is 0 Å². The number of anilines is 1. The first-order valence-electron chi connectivity index (χ1n) is 6.16. The van der Waals surface area contributed by atoms with E-state index in [4.69, 9.17) is 16.3 Å². The average Bonchev–Trinajstić information content (AvgIpc) is 2.47. The van der Waals surface area contributed by atoms with Crippen LogP contribution >= 0.6 is 11.6 Å². The van der Waals surface area contributed by atoms with Crippen molar-refractivity contribution in [2.24, 2.45) is 0 Å². The van der Waals surface area contributed by atoms with Crippen molar-refractivity contribution in [1.29, 1.82) is 0 Å². The first-order chi connectivity index (χ1) is 9.28. The summed E-state index contributed by atoms with van der Waals surface area (Å²) in [4.78, 5) is 17.4. The van der Waals surface area contributed by atoms with Crippen LogP contribution in [0.5, 0.6) is 0 Å². The van der Waals surface area contributed by atoms with Gasteiger partial charge in [0.05, 0.1) is 23.8 Å². The van der Waals surface area contributed by atoms with Crippen LogP contribution in [0.1, 0.15) is 10.5 Å². The highest BCUT2D eigenvalue weighted by Crippen LogP contribution is 2.27. The minimum Gasteiger partial charge on any atom is -0.378 e. The quantitative estimate of drug-likeness (QED) is 0.791. The summed E-state index contributed by atoms with van der Waals surface area (Å²) in [6, 6.07) is 7.54. The third-order valence-corrected chi connectivity index (χ3v) is 3.57. The average molecular weight is 277 g/mol. The van der Waals surface area contributed by atoms with Crippen molar-refractivity contribution < 1.29 is 9.53 Å². The minimum absolute atomic E-state index is 0.358. The van der Waals surface area contributed by atoms with Gasteiger partial charge in [-0.15, -0.1) is 0 Å². The molecule has 1 fully saturated rings. The number of aldehydes is 1. The molecule has 0 aliphatic carbocycles. The number of hydrogen-bond donors (Lipinski definition) is 0. The number of rotatable bonds is 2. The largest absolute Gasteiger partial charge is 0.378 e. The van der Waals surface area contributed by atoms with E-state index in [0.717, 1.165) is 42.9 Å². The summed E-state index contributed by atoms with van der Waals surface area (Å²) < 4.78 is 5.34. The van der Waals surface area contributed by atoms with E-state index in [0.29, 0.717) is 17.0 Å². The van der Waals surface area contributed by atoms with E-state index in [1.54, 1.807) is 6.07 Å². The van der Waals surface area contributed by atoms with Crippen molar-refractivity contribution in [3.8, 4) is 0 Å². The molecular weight excluding hydrogens is 264 g/mol. The number of aromatic nitrogens is 1. The van der Waals surface area contributed by atoms with Crippen LogP contribution in [-0.2, 0) is 4.74 Å². The number of carbonyl (C=O) groups is 1. The molecule has 2 heterocycles. The molecule has 0 saturated carbocycles. The predicted molar refractivity (Wildman–Crippen MR) is 75.2 cm³/mol. The molecule has 5 heteroatoms. The van der Waals surface area contributed by atoms with Crippen LogP contribution < -0.4 is 4.90 Å². The van der Waals surface area contributed by atoms with Gasteiger partial charge in [-0.05, 0) is 24.3 Å². The van der Waals surface area contributed by atoms with Gasteiger partial charge in [0.1, 0.15) is 5.69 Å². The summed E-state index contributed by atoms with van der Waals surface area (Å²) in [5.74, 6) is 0. The standard InChI is InChI=1S/C14H13ClN2O2/c15-13-7-10(9-18)16-14-8-11(1-2-12(13)14)17-3-5-19-6-4-17/h1-2,7-9H,3-6H2. The van der Waals surface area contributed by atoms with Crippen molar-refractivity contribution >= 4 is 34.5 Å². The molecule has 1 aliphatic rings. The summed E-state index contributed by atoms with van der Waals surface area (Å²) >= 11 is 6.15. The zero-order valence-corrected chi connectivity index (χ0v) is 11.1. The molecule has 0 amide bonds. The Bertz CT molecular complexity index is 624. The van der Waals surface area contributed by atoms with Gasteiger partial charge >= 0.3 is 0 Å². The zero-order valence-electron chi connectivity index (χ0n) is 10.3. The molecule has 1 saturated heterocycles. The minimum atomic E-state index is 0.358. The van der Waals surface area contributed by atoms with E-state index in [1.165, 1.54) is 0 Å². The van der Waals surface area contributed by atoms with Crippen LogP contribution in [0.15, 0.2) is 24.3 Å². The smallest absolute Gasteiger partial charge is 0.168 e. The highest BCUT2D eigenvalue weighted by atomic mass is 35.5. The monoisotopic (exact) mass is 276 g/mol. The lowest BCUT2D eigenvalue weighted by Crippen LogP contribution is -2.36. The number of carbonyl (C=O) groups excluding carboxylic acids is 1. The molecule has 98 valence electrons. The topological polar surface area (TPSA) is 42.4 Å². The first-order valence-corrected chi connectivity index (χ1v) is 6.54. The molecule has 1 aromatic carbocycles. The lowest BCUT2D eigenvalue weighted by Gasteiger charge is -2.29. The molecule has 19 heavy (non-hydrogen) atoms. The Kier molecular flexibility index (Phi) is 3.36. The number of fused-ring (bicyclic) bond motifs is 1. The maximum absolute atomic E-state index is 10.8. The molecule has 0 radical (unpaired) electrons. The van der Waals surface area contributed by atoms with Crippen LogP contribution in [0.4, 0.5) is 5.69 Å². The summed E-state index contributed by atoms with van der Waals surface area (Å²) in [6.45, 7) is 3.21. The first kappa shape index (κ1) is 12.4. The molecule has 0 bridgehead atoms. The Balaban J connectivity index is 2.06. The fraction of sp³-hybridized carbons (Fsp3) is 0.286. The van der Waals surface area contributed by atoms with Gasteiger partial charge in [0.2, 0.25) is 0 Å². The molecule has 0 atom stereocenters. The molecule has 2 aromatic rings. The van der Waals surface area contributed by atoms with Crippen molar-refractivity contribution in [3.05, 3.63) is 35.0 Å². The fourth-order valence-corrected chi connectivity index (χ4v) is 2.54. The van der Waals surface area contributed by atoms with Crippen LogP contribution in [0.2, 0.25) is 5.02 Å². The maximum Gasteiger partial charge on any atom is 0.168 e. The summed E-state index contributed by atoms with van der Waals surface area (Å²) in [6.07, 6.45) is 0.715. The van der Waals surface area contributed by atoms with E-state index in [9.17, 15) is 4.79 Å². The van der Waals surface area contributed by atoms with Gasteiger partial charge in [0.15, 0.2) is 6.29 Å². The third kappa shape index (κ3) is 2.41. The second-order valence-electron chi connectivity index (χ2n) is 4.45. The Morgan fingerprint density at radius 3 is 2.79 bits per heavy atom. The molecule has 0 spiro atoms. The van der Waals surface area contributed by atoms with Gasteiger partial charge in [-0.1, -0.05) is 11.6 Å². The van der Waals surface area contributed by atoms with E-state index in [1.807, 2.05) is 18.2 Å². The van der Waals surface area contributed by atoms with Gasteiger partial charge < -0.3 is 9.64 Å². The lowest BCUT2D eigenvalue weighted by atomic mass is 10.1. The highest BCUT2D eigenvalue weighted by molar-refractivity contribution is 6.35. The van der Waals surface area contributed by atoms with E-state index in [2.05, 4.69) is 9.88 Å². The SMILES string of the molecule is O=Cc1cc(Cl)c2ccc(N3CCOCC3)cc2n1. The Morgan fingerprint density at radius 1 is 1.26 bits per heavy atom. The van der Waals surface area contributed by atoms with E-state index < -0.39 is 0 Å². The van der Waals surface area contributed by atoms with E-state index in [-0.39, 0.29) is 0 Å². The van der Waals surface area contributed by atoms with Gasteiger partial charge in [0.25, 0.3) is 0 Å². The predicted octanol–water partition coefficient (Wildman–Crippen LogP) is 2.54. The number of ether oxygens (including phenoxy) is 1. The van der Waals surface area contributed by atoms with Crippen LogP contribution in [-0.4, -0.2) is 37.6 Å². The van der Waals surface area contributed by atoms with Crippen LogP contribution in [0, 0.1) is 0 Å². The van der Waals surface area contributed by atoms with Crippen molar-refractivity contribution in [1.82, 2.24) is 4.98 Å². The molecule has 1 aromatic heterocycles. The van der Waals surface area contributed by atoms with Crippen LogP contribution in [0.25, 0.3) is 10.9 Å². The lowest BCUT2D eigenvalue weighted by molar-refractivity contribution is 0.111. The van der Waals surface area contributed by atoms with Gasteiger partial charge in [-0.3, -0.25) is 4.79 Å². The fourth-order valence-electron chi connectivity index (χ4n) is 2.27. The molecule has 0 N–H and O–H groups in total. The maximum atomic E-state index is 10.8. The van der Waals surface area contributed by atoms with Gasteiger partial charge in [-0.25, -0.2) is 4.98 Å². The summed E-state index contributed by atoms with van der Waals surface area (Å²) in [5.41, 5.74) is 2.19. The number of halogens is 1. The Hall–Kier alpha value is -1.65. The second-order valence-corrected chi connectivity index (χ2v) is 4.85. The highest BCUT2D eigenvalue weighted by Gasteiger charge is 2.12. The zero-order chi connectivity index (χ0) is 13.2. The number of hydrogen-bond acceptors (Lipinski definition) is 4. The summed E-state index contributed by atoms with van der Waals surface area (Å²) in [5, 5.41) is 1.42. The van der Waals surface area contributed by atoms with Crippen molar-refractivity contribution in [2.45, 2.75) is 0 Å².